The predicted molar refractivity (Wildman–Crippen MR) is 93.9 cm³/mol. The molecule has 122 valence electrons. The normalized spacial score (nSPS) is 16.9. The van der Waals surface area contributed by atoms with Gasteiger partial charge in [-0.3, -0.25) is 4.79 Å². The highest BCUT2D eigenvalue weighted by molar-refractivity contribution is 7.10. The van der Waals surface area contributed by atoms with E-state index in [-0.39, 0.29) is 18.4 Å². The van der Waals surface area contributed by atoms with Crippen LogP contribution in [0.3, 0.4) is 0 Å². The van der Waals surface area contributed by atoms with Gasteiger partial charge < -0.3 is 10.4 Å². The van der Waals surface area contributed by atoms with E-state index < -0.39 is 5.60 Å². The van der Waals surface area contributed by atoms with E-state index in [9.17, 15) is 9.90 Å². The standard InChI is InChI=1S/C19H23NO2S/c1-12-9-13(2)17(14(3)10-12)18(21)20-11-19(22,15-6-7-15)16-5-4-8-23-16/h4-5,8-10,15,22H,6-7,11H2,1-3H3,(H,20,21). The van der Waals surface area contributed by atoms with Gasteiger partial charge in [0.15, 0.2) is 0 Å². The number of hydrogen-bond acceptors (Lipinski definition) is 3. The number of nitrogens with one attached hydrogen (secondary N) is 1. The van der Waals surface area contributed by atoms with Gasteiger partial charge in [-0.15, -0.1) is 11.3 Å². The summed E-state index contributed by atoms with van der Waals surface area (Å²) in [5.41, 5.74) is 2.90. The van der Waals surface area contributed by atoms with Crippen molar-refractivity contribution in [1.29, 1.82) is 0 Å². The van der Waals surface area contributed by atoms with Crippen LogP contribution in [-0.2, 0) is 5.60 Å². The summed E-state index contributed by atoms with van der Waals surface area (Å²) >= 11 is 1.55. The first-order valence-electron chi connectivity index (χ1n) is 8.04. The maximum absolute atomic E-state index is 12.6. The number of hydrogen-bond donors (Lipinski definition) is 2. The second-order valence-corrected chi connectivity index (χ2v) is 7.58. The van der Waals surface area contributed by atoms with Crippen molar-refractivity contribution in [3.05, 3.63) is 56.8 Å². The minimum absolute atomic E-state index is 0.101. The molecule has 1 aromatic carbocycles. The van der Waals surface area contributed by atoms with Crippen LogP contribution in [0.4, 0.5) is 0 Å². The van der Waals surface area contributed by atoms with E-state index in [4.69, 9.17) is 0 Å². The molecule has 0 saturated heterocycles. The molecule has 23 heavy (non-hydrogen) atoms. The van der Waals surface area contributed by atoms with E-state index in [1.54, 1.807) is 11.3 Å². The second-order valence-electron chi connectivity index (χ2n) is 6.63. The minimum atomic E-state index is -0.934. The van der Waals surface area contributed by atoms with Crippen molar-refractivity contribution in [3.8, 4) is 0 Å². The Labute approximate surface area is 141 Å². The van der Waals surface area contributed by atoms with Gasteiger partial charge in [-0.05, 0) is 62.1 Å². The average molecular weight is 329 g/mol. The molecular weight excluding hydrogens is 306 g/mol. The van der Waals surface area contributed by atoms with Gasteiger partial charge in [0.1, 0.15) is 5.60 Å². The van der Waals surface area contributed by atoms with E-state index in [0.29, 0.717) is 0 Å². The number of carbonyl (C=O) groups excluding carboxylic acids is 1. The molecule has 2 aromatic rings. The van der Waals surface area contributed by atoms with Crippen LogP contribution in [0.25, 0.3) is 0 Å². The molecule has 2 N–H and O–H groups in total. The number of aliphatic hydroxyl groups is 1. The fraction of sp³-hybridized carbons (Fsp3) is 0.421. The Morgan fingerprint density at radius 2 is 1.96 bits per heavy atom. The molecule has 1 aromatic heterocycles. The first-order valence-corrected chi connectivity index (χ1v) is 8.92. The van der Waals surface area contributed by atoms with E-state index in [2.05, 4.69) is 5.32 Å². The van der Waals surface area contributed by atoms with E-state index in [1.807, 2.05) is 50.4 Å². The number of thiophene rings is 1. The summed E-state index contributed by atoms with van der Waals surface area (Å²) in [6, 6.07) is 7.95. The lowest BCUT2D eigenvalue weighted by molar-refractivity contribution is 0.0169. The molecule has 1 fully saturated rings. The molecule has 1 unspecified atom stereocenters. The topological polar surface area (TPSA) is 49.3 Å². The minimum Gasteiger partial charge on any atom is -0.382 e. The summed E-state index contributed by atoms with van der Waals surface area (Å²) in [4.78, 5) is 13.6. The third kappa shape index (κ3) is 3.19. The first kappa shape index (κ1) is 16.2. The second kappa shape index (κ2) is 6.10. The van der Waals surface area contributed by atoms with Gasteiger partial charge in [0.25, 0.3) is 5.91 Å². The number of aryl methyl sites for hydroxylation is 3. The third-order valence-electron chi connectivity index (χ3n) is 4.62. The highest BCUT2D eigenvalue weighted by atomic mass is 32.1. The summed E-state index contributed by atoms with van der Waals surface area (Å²) < 4.78 is 0. The van der Waals surface area contributed by atoms with Crippen LogP contribution in [0, 0.1) is 26.7 Å². The number of amides is 1. The Bertz CT molecular complexity index is 696. The Morgan fingerprint density at radius 3 is 2.48 bits per heavy atom. The quantitative estimate of drug-likeness (QED) is 0.879. The Morgan fingerprint density at radius 1 is 1.30 bits per heavy atom. The van der Waals surface area contributed by atoms with Gasteiger partial charge in [0.05, 0.1) is 6.54 Å². The van der Waals surface area contributed by atoms with Crippen molar-refractivity contribution in [2.75, 3.05) is 6.54 Å². The molecule has 1 aliphatic rings. The highest BCUT2D eigenvalue weighted by Gasteiger charge is 2.46. The zero-order chi connectivity index (χ0) is 16.6. The van der Waals surface area contributed by atoms with Crippen LogP contribution in [0.1, 0.15) is 44.8 Å². The van der Waals surface area contributed by atoms with Gasteiger partial charge in [-0.25, -0.2) is 0 Å². The zero-order valence-electron chi connectivity index (χ0n) is 13.8. The number of carbonyl (C=O) groups is 1. The van der Waals surface area contributed by atoms with Crippen LogP contribution in [-0.4, -0.2) is 17.6 Å². The molecule has 0 radical (unpaired) electrons. The van der Waals surface area contributed by atoms with Crippen molar-refractivity contribution < 1.29 is 9.90 Å². The lowest BCUT2D eigenvalue weighted by atomic mass is 9.94. The van der Waals surface area contributed by atoms with Gasteiger partial charge in [0.2, 0.25) is 0 Å². The fourth-order valence-electron chi connectivity index (χ4n) is 3.36. The first-order chi connectivity index (χ1) is 10.9. The van der Waals surface area contributed by atoms with Crippen molar-refractivity contribution in [3.63, 3.8) is 0 Å². The summed E-state index contributed by atoms with van der Waals surface area (Å²) in [5.74, 6) is 0.150. The van der Waals surface area contributed by atoms with Gasteiger partial charge in [-0.2, -0.15) is 0 Å². The molecule has 3 rings (SSSR count). The van der Waals surface area contributed by atoms with E-state index in [1.165, 1.54) is 0 Å². The van der Waals surface area contributed by atoms with Gasteiger partial charge in [0, 0.05) is 10.4 Å². The summed E-state index contributed by atoms with van der Waals surface area (Å²) in [6.45, 7) is 6.22. The molecule has 0 bridgehead atoms. The smallest absolute Gasteiger partial charge is 0.251 e. The lowest BCUT2D eigenvalue weighted by Gasteiger charge is -2.27. The van der Waals surface area contributed by atoms with E-state index in [0.717, 1.165) is 40.0 Å². The molecule has 1 heterocycles. The monoisotopic (exact) mass is 329 g/mol. The molecule has 4 heteroatoms. The van der Waals surface area contributed by atoms with Gasteiger partial charge in [-0.1, -0.05) is 23.8 Å². The molecule has 1 atom stereocenters. The molecule has 0 spiro atoms. The van der Waals surface area contributed by atoms with Crippen LogP contribution in [0.5, 0.6) is 0 Å². The summed E-state index contributed by atoms with van der Waals surface area (Å²) in [6.07, 6.45) is 2.04. The maximum atomic E-state index is 12.6. The van der Waals surface area contributed by atoms with Crippen molar-refractivity contribution in [1.82, 2.24) is 5.32 Å². The number of rotatable bonds is 5. The predicted octanol–water partition coefficient (Wildman–Crippen LogP) is 3.70. The molecule has 1 saturated carbocycles. The fourth-order valence-corrected chi connectivity index (χ4v) is 4.26. The van der Waals surface area contributed by atoms with Crippen LogP contribution >= 0.6 is 11.3 Å². The summed E-state index contributed by atoms with van der Waals surface area (Å²) in [5, 5.41) is 16.0. The zero-order valence-corrected chi connectivity index (χ0v) is 14.7. The van der Waals surface area contributed by atoms with Crippen molar-refractivity contribution >= 4 is 17.2 Å². The maximum Gasteiger partial charge on any atom is 0.251 e. The SMILES string of the molecule is Cc1cc(C)c(C(=O)NCC(O)(c2cccs2)C2CC2)c(C)c1. The van der Waals surface area contributed by atoms with E-state index >= 15 is 0 Å². The molecular formula is C19H23NO2S. The molecule has 0 aliphatic heterocycles. The number of benzene rings is 1. The van der Waals surface area contributed by atoms with Crippen molar-refractivity contribution in [2.45, 2.75) is 39.2 Å². The summed E-state index contributed by atoms with van der Waals surface area (Å²) in [7, 11) is 0. The highest BCUT2D eigenvalue weighted by Crippen LogP contribution is 2.46. The Balaban J connectivity index is 1.78. The Hall–Kier alpha value is -1.65. The van der Waals surface area contributed by atoms with Crippen LogP contribution in [0.2, 0.25) is 0 Å². The molecule has 1 aliphatic carbocycles. The van der Waals surface area contributed by atoms with Crippen molar-refractivity contribution in [2.24, 2.45) is 5.92 Å². The average Bonchev–Trinajstić information content (AvgIpc) is 3.19. The van der Waals surface area contributed by atoms with Crippen LogP contribution < -0.4 is 5.32 Å². The van der Waals surface area contributed by atoms with Crippen LogP contribution in [0.15, 0.2) is 29.6 Å². The Kier molecular flexibility index (Phi) is 4.30. The molecule has 3 nitrogen and oxygen atoms in total. The largest absolute Gasteiger partial charge is 0.382 e. The van der Waals surface area contributed by atoms with Gasteiger partial charge >= 0.3 is 0 Å². The molecule has 1 amide bonds. The lowest BCUT2D eigenvalue weighted by Crippen LogP contribution is -2.42. The third-order valence-corrected chi connectivity index (χ3v) is 5.66.